The summed E-state index contributed by atoms with van der Waals surface area (Å²) in [6.07, 6.45) is -0.0563. The van der Waals surface area contributed by atoms with Crippen LogP contribution in [0.4, 0.5) is 0 Å². The number of nitrogens with zero attached hydrogens (tertiary/aromatic N) is 2. The lowest BCUT2D eigenvalue weighted by molar-refractivity contribution is 0.0697. The van der Waals surface area contributed by atoms with E-state index in [1.807, 2.05) is 27.7 Å². The highest BCUT2D eigenvalue weighted by atomic mass is 16.5. The largest absolute Gasteiger partial charge is 0.371 e. The summed E-state index contributed by atoms with van der Waals surface area (Å²) in [6.45, 7) is 8.99. The van der Waals surface area contributed by atoms with Crippen molar-refractivity contribution in [1.29, 1.82) is 0 Å². The van der Waals surface area contributed by atoms with Crippen LogP contribution in [0, 0.1) is 13.8 Å². The van der Waals surface area contributed by atoms with E-state index < -0.39 is 0 Å². The zero-order chi connectivity index (χ0) is 11.4. The molecule has 4 nitrogen and oxygen atoms in total. The van der Waals surface area contributed by atoms with E-state index in [0.29, 0.717) is 13.2 Å². The van der Waals surface area contributed by atoms with Crippen molar-refractivity contribution in [2.45, 2.75) is 40.3 Å². The van der Waals surface area contributed by atoms with Gasteiger partial charge in [-0.1, -0.05) is 0 Å². The van der Waals surface area contributed by atoms with Crippen molar-refractivity contribution in [2.75, 3.05) is 6.61 Å². The third kappa shape index (κ3) is 2.73. The first kappa shape index (κ1) is 12.1. The quantitative estimate of drug-likeness (QED) is 0.819. The molecule has 0 amide bonds. The van der Waals surface area contributed by atoms with Crippen LogP contribution in [-0.2, 0) is 11.3 Å². The van der Waals surface area contributed by atoms with Crippen LogP contribution in [0.25, 0.3) is 0 Å². The number of nitrogens with two attached hydrogens (primary N) is 1. The molecule has 0 aliphatic carbocycles. The molecule has 0 aliphatic heterocycles. The van der Waals surface area contributed by atoms with Crippen LogP contribution in [-0.4, -0.2) is 16.6 Å². The van der Waals surface area contributed by atoms with E-state index in [4.69, 9.17) is 10.5 Å². The minimum Gasteiger partial charge on any atom is -0.371 e. The first-order valence-corrected chi connectivity index (χ1v) is 5.25. The Labute approximate surface area is 90.9 Å². The van der Waals surface area contributed by atoms with Gasteiger partial charge in [-0.2, -0.15) is 0 Å². The fourth-order valence-electron chi connectivity index (χ4n) is 1.57. The molecule has 15 heavy (non-hydrogen) atoms. The molecule has 0 spiro atoms. The molecule has 2 N–H and O–H groups in total. The SMILES string of the molecule is CCOC(C)c1nc(C)c(CN)c(C)n1. The minimum atomic E-state index is -0.0563. The van der Waals surface area contributed by atoms with E-state index in [9.17, 15) is 0 Å². The van der Waals surface area contributed by atoms with Gasteiger partial charge in [-0.05, 0) is 27.7 Å². The van der Waals surface area contributed by atoms with Gasteiger partial charge in [-0.3, -0.25) is 0 Å². The maximum atomic E-state index is 5.63. The molecule has 4 heteroatoms. The zero-order valence-electron chi connectivity index (χ0n) is 9.87. The van der Waals surface area contributed by atoms with Gasteiger partial charge in [-0.25, -0.2) is 9.97 Å². The number of rotatable bonds is 4. The van der Waals surface area contributed by atoms with Crippen LogP contribution in [0.3, 0.4) is 0 Å². The highest BCUT2D eigenvalue weighted by molar-refractivity contribution is 5.24. The highest BCUT2D eigenvalue weighted by Crippen LogP contribution is 2.16. The molecule has 0 aromatic carbocycles. The van der Waals surface area contributed by atoms with Crippen molar-refractivity contribution >= 4 is 0 Å². The Hall–Kier alpha value is -1.00. The molecule has 0 fully saturated rings. The van der Waals surface area contributed by atoms with E-state index in [0.717, 1.165) is 22.8 Å². The number of ether oxygens (including phenoxy) is 1. The van der Waals surface area contributed by atoms with Gasteiger partial charge in [0.25, 0.3) is 0 Å². The van der Waals surface area contributed by atoms with Crippen molar-refractivity contribution < 1.29 is 4.74 Å². The fraction of sp³-hybridized carbons (Fsp3) is 0.636. The van der Waals surface area contributed by atoms with Gasteiger partial charge in [-0.15, -0.1) is 0 Å². The average Bonchev–Trinajstić information content (AvgIpc) is 2.17. The maximum absolute atomic E-state index is 5.63. The van der Waals surface area contributed by atoms with E-state index in [-0.39, 0.29) is 6.10 Å². The lowest BCUT2D eigenvalue weighted by Gasteiger charge is -2.13. The van der Waals surface area contributed by atoms with Crippen molar-refractivity contribution in [1.82, 2.24) is 9.97 Å². The molecule has 1 atom stereocenters. The molecule has 0 bridgehead atoms. The molecule has 0 aliphatic rings. The van der Waals surface area contributed by atoms with E-state index in [1.54, 1.807) is 0 Å². The minimum absolute atomic E-state index is 0.0563. The summed E-state index contributed by atoms with van der Waals surface area (Å²) < 4.78 is 5.46. The van der Waals surface area contributed by atoms with Crippen molar-refractivity contribution in [3.05, 3.63) is 22.8 Å². The van der Waals surface area contributed by atoms with Crippen molar-refractivity contribution in [3.63, 3.8) is 0 Å². The summed E-state index contributed by atoms with van der Waals surface area (Å²) in [7, 11) is 0. The summed E-state index contributed by atoms with van der Waals surface area (Å²) in [4.78, 5) is 8.81. The van der Waals surface area contributed by atoms with E-state index in [2.05, 4.69) is 9.97 Å². The lowest BCUT2D eigenvalue weighted by atomic mass is 10.1. The lowest BCUT2D eigenvalue weighted by Crippen LogP contribution is -2.12. The first-order valence-electron chi connectivity index (χ1n) is 5.25. The van der Waals surface area contributed by atoms with Crippen LogP contribution >= 0.6 is 0 Å². The monoisotopic (exact) mass is 209 g/mol. The normalized spacial score (nSPS) is 12.9. The topological polar surface area (TPSA) is 61.0 Å². The molecule has 1 rings (SSSR count). The zero-order valence-corrected chi connectivity index (χ0v) is 9.87. The molecule has 1 aromatic rings. The molecule has 0 saturated heterocycles. The second-order valence-corrected chi connectivity index (χ2v) is 3.53. The Kier molecular flexibility index (Phi) is 4.17. The van der Waals surface area contributed by atoms with Gasteiger partial charge in [0.15, 0.2) is 5.82 Å². The van der Waals surface area contributed by atoms with E-state index in [1.165, 1.54) is 0 Å². The van der Waals surface area contributed by atoms with Crippen LogP contribution in [0.1, 0.15) is 42.7 Å². The number of aromatic nitrogens is 2. The molecule has 0 radical (unpaired) electrons. The molecule has 84 valence electrons. The predicted molar refractivity (Wildman–Crippen MR) is 59.4 cm³/mol. The predicted octanol–water partition coefficient (Wildman–Crippen LogP) is 1.65. The van der Waals surface area contributed by atoms with Gasteiger partial charge < -0.3 is 10.5 Å². The molecule has 1 unspecified atom stereocenters. The standard InChI is InChI=1S/C11H19N3O/c1-5-15-9(4)11-13-7(2)10(6-12)8(3)14-11/h9H,5-6,12H2,1-4H3. The Bertz CT molecular complexity index is 316. The molecular weight excluding hydrogens is 190 g/mol. The molecule has 0 saturated carbocycles. The highest BCUT2D eigenvalue weighted by Gasteiger charge is 2.12. The summed E-state index contributed by atoms with van der Waals surface area (Å²) in [5, 5.41) is 0. The van der Waals surface area contributed by atoms with Crippen molar-refractivity contribution in [3.8, 4) is 0 Å². The summed E-state index contributed by atoms with van der Waals surface area (Å²) in [5.41, 5.74) is 8.56. The summed E-state index contributed by atoms with van der Waals surface area (Å²) in [5.74, 6) is 0.740. The smallest absolute Gasteiger partial charge is 0.157 e. The third-order valence-corrected chi connectivity index (χ3v) is 2.42. The number of hydrogen-bond donors (Lipinski definition) is 1. The van der Waals surface area contributed by atoms with Gasteiger partial charge in [0.2, 0.25) is 0 Å². The second-order valence-electron chi connectivity index (χ2n) is 3.53. The van der Waals surface area contributed by atoms with Crippen LogP contribution in [0.5, 0.6) is 0 Å². The Morgan fingerprint density at radius 1 is 1.27 bits per heavy atom. The van der Waals surface area contributed by atoms with E-state index >= 15 is 0 Å². The Morgan fingerprint density at radius 3 is 2.20 bits per heavy atom. The number of aryl methyl sites for hydroxylation is 2. The summed E-state index contributed by atoms with van der Waals surface area (Å²) >= 11 is 0. The number of hydrogen-bond acceptors (Lipinski definition) is 4. The van der Waals surface area contributed by atoms with Crippen LogP contribution in [0.2, 0.25) is 0 Å². The van der Waals surface area contributed by atoms with Crippen LogP contribution in [0.15, 0.2) is 0 Å². The first-order chi connectivity index (χ1) is 7.10. The van der Waals surface area contributed by atoms with Gasteiger partial charge in [0, 0.05) is 30.1 Å². The van der Waals surface area contributed by atoms with Crippen LogP contribution < -0.4 is 5.73 Å². The Balaban J connectivity index is 3.02. The second kappa shape index (κ2) is 5.19. The van der Waals surface area contributed by atoms with Gasteiger partial charge in [0.1, 0.15) is 6.10 Å². The molecular formula is C11H19N3O. The van der Waals surface area contributed by atoms with Gasteiger partial charge in [0.05, 0.1) is 0 Å². The third-order valence-electron chi connectivity index (χ3n) is 2.42. The average molecular weight is 209 g/mol. The summed E-state index contributed by atoms with van der Waals surface area (Å²) in [6, 6.07) is 0. The Morgan fingerprint density at radius 2 is 1.80 bits per heavy atom. The fourth-order valence-corrected chi connectivity index (χ4v) is 1.57. The molecule has 1 aromatic heterocycles. The van der Waals surface area contributed by atoms with Gasteiger partial charge >= 0.3 is 0 Å². The van der Waals surface area contributed by atoms with Crippen molar-refractivity contribution in [2.24, 2.45) is 5.73 Å². The molecule has 1 heterocycles. The maximum Gasteiger partial charge on any atom is 0.157 e.